The fourth-order valence-electron chi connectivity index (χ4n) is 2.81. The van der Waals surface area contributed by atoms with E-state index in [4.69, 9.17) is 0 Å². The number of piperidine rings is 1. The van der Waals surface area contributed by atoms with Gasteiger partial charge in [0, 0.05) is 19.1 Å². The standard InChI is InChI=1S/C13H23N5O2/c1-4-17-13(12(18(19)20)10(2)15-17)14-9-11-7-5-6-8-16(11)3/h11,14H,4-9H2,1-3H3. The third-order valence-corrected chi connectivity index (χ3v) is 4.00. The molecule has 2 heterocycles. The van der Waals surface area contributed by atoms with Crippen molar-refractivity contribution in [2.45, 2.75) is 45.7 Å². The van der Waals surface area contributed by atoms with E-state index in [1.54, 1.807) is 11.6 Å². The maximum atomic E-state index is 11.2. The Bertz CT molecular complexity index is 485. The molecule has 1 aromatic heterocycles. The van der Waals surface area contributed by atoms with Gasteiger partial charge in [-0.15, -0.1) is 0 Å². The van der Waals surface area contributed by atoms with Crippen LogP contribution in [0.5, 0.6) is 0 Å². The summed E-state index contributed by atoms with van der Waals surface area (Å²) in [5.74, 6) is 0.536. The van der Waals surface area contributed by atoms with Crippen LogP contribution in [0.15, 0.2) is 0 Å². The van der Waals surface area contributed by atoms with Crippen LogP contribution in [0.1, 0.15) is 31.9 Å². The molecule has 0 radical (unpaired) electrons. The average Bonchev–Trinajstić information content (AvgIpc) is 2.74. The van der Waals surface area contributed by atoms with Crippen LogP contribution in [-0.4, -0.2) is 45.8 Å². The van der Waals surface area contributed by atoms with Gasteiger partial charge in [-0.3, -0.25) is 10.1 Å². The number of nitrogens with one attached hydrogen (secondary N) is 1. The first-order chi connectivity index (χ1) is 9.54. The third-order valence-electron chi connectivity index (χ3n) is 4.00. The summed E-state index contributed by atoms with van der Waals surface area (Å²) in [6.07, 6.45) is 3.60. The third kappa shape index (κ3) is 2.92. The number of aryl methyl sites for hydroxylation is 2. The number of nitro groups is 1. The molecule has 20 heavy (non-hydrogen) atoms. The number of nitrogens with zero attached hydrogens (tertiary/aromatic N) is 4. The molecule has 7 nitrogen and oxygen atoms in total. The zero-order valence-corrected chi connectivity index (χ0v) is 12.4. The van der Waals surface area contributed by atoms with Gasteiger partial charge in [-0.1, -0.05) is 6.42 Å². The highest BCUT2D eigenvalue weighted by Gasteiger charge is 2.26. The molecule has 0 saturated carbocycles. The van der Waals surface area contributed by atoms with Crippen molar-refractivity contribution >= 4 is 11.5 Å². The van der Waals surface area contributed by atoms with Crippen molar-refractivity contribution in [3.8, 4) is 0 Å². The van der Waals surface area contributed by atoms with Crippen LogP contribution in [0, 0.1) is 17.0 Å². The van der Waals surface area contributed by atoms with Gasteiger partial charge in [-0.2, -0.15) is 5.10 Å². The summed E-state index contributed by atoms with van der Waals surface area (Å²) in [7, 11) is 2.11. The highest BCUT2D eigenvalue weighted by Crippen LogP contribution is 2.28. The van der Waals surface area contributed by atoms with Gasteiger partial charge < -0.3 is 10.2 Å². The van der Waals surface area contributed by atoms with Crippen molar-refractivity contribution in [1.82, 2.24) is 14.7 Å². The second-order valence-corrected chi connectivity index (χ2v) is 5.37. The van der Waals surface area contributed by atoms with Gasteiger partial charge >= 0.3 is 5.69 Å². The summed E-state index contributed by atoms with van der Waals surface area (Å²) in [5, 5.41) is 18.7. The minimum absolute atomic E-state index is 0.102. The first kappa shape index (κ1) is 14.8. The number of likely N-dealkylation sites (N-methyl/N-ethyl adjacent to an activating group) is 1. The number of hydrogen-bond acceptors (Lipinski definition) is 5. The first-order valence-electron chi connectivity index (χ1n) is 7.20. The largest absolute Gasteiger partial charge is 0.363 e. The molecule has 1 aromatic rings. The number of rotatable bonds is 5. The van der Waals surface area contributed by atoms with E-state index in [1.807, 2.05) is 6.92 Å². The van der Waals surface area contributed by atoms with Gasteiger partial charge in [0.1, 0.15) is 5.69 Å². The Morgan fingerprint density at radius 1 is 1.50 bits per heavy atom. The minimum Gasteiger partial charge on any atom is -0.363 e. The van der Waals surface area contributed by atoms with Gasteiger partial charge in [0.15, 0.2) is 0 Å². The molecule has 0 spiro atoms. The number of likely N-dealkylation sites (tertiary alicyclic amines) is 1. The lowest BCUT2D eigenvalue weighted by Crippen LogP contribution is -2.41. The Labute approximate surface area is 119 Å². The SMILES string of the molecule is CCn1nc(C)c([N+](=O)[O-])c1NCC1CCCCN1C. The normalized spacial score (nSPS) is 20.1. The molecule has 1 atom stereocenters. The smallest absolute Gasteiger partial charge is 0.333 e. The predicted molar refractivity (Wildman–Crippen MR) is 78.1 cm³/mol. The van der Waals surface area contributed by atoms with E-state index in [-0.39, 0.29) is 10.6 Å². The summed E-state index contributed by atoms with van der Waals surface area (Å²) >= 11 is 0. The first-order valence-corrected chi connectivity index (χ1v) is 7.20. The average molecular weight is 281 g/mol. The van der Waals surface area contributed by atoms with Crippen molar-refractivity contribution in [3.63, 3.8) is 0 Å². The molecule has 1 aliphatic heterocycles. The molecular weight excluding hydrogens is 258 g/mol. The predicted octanol–water partition coefficient (Wildman–Crippen LogP) is 2.02. The quantitative estimate of drug-likeness (QED) is 0.660. The molecule has 112 valence electrons. The Kier molecular flexibility index (Phi) is 4.59. The maximum absolute atomic E-state index is 11.2. The van der Waals surface area contributed by atoms with Crippen molar-refractivity contribution in [2.75, 3.05) is 25.5 Å². The fourth-order valence-corrected chi connectivity index (χ4v) is 2.81. The zero-order valence-electron chi connectivity index (χ0n) is 12.4. The fraction of sp³-hybridized carbons (Fsp3) is 0.769. The lowest BCUT2D eigenvalue weighted by molar-refractivity contribution is -0.384. The van der Waals surface area contributed by atoms with Crippen LogP contribution < -0.4 is 5.32 Å². The summed E-state index contributed by atoms with van der Waals surface area (Å²) in [4.78, 5) is 13.2. The molecule has 7 heteroatoms. The van der Waals surface area contributed by atoms with Crippen LogP contribution in [0.3, 0.4) is 0 Å². The number of hydrogen-bond donors (Lipinski definition) is 1. The molecule has 1 aliphatic rings. The summed E-state index contributed by atoms with van der Waals surface area (Å²) < 4.78 is 1.68. The van der Waals surface area contributed by atoms with Crippen LogP contribution in [0.25, 0.3) is 0 Å². The summed E-state index contributed by atoms with van der Waals surface area (Å²) in [5.41, 5.74) is 0.571. The van der Waals surface area contributed by atoms with E-state index in [2.05, 4.69) is 22.4 Å². The molecule has 1 unspecified atom stereocenters. The van der Waals surface area contributed by atoms with E-state index < -0.39 is 0 Å². The molecule has 0 aliphatic carbocycles. The van der Waals surface area contributed by atoms with E-state index >= 15 is 0 Å². The molecule has 2 rings (SSSR count). The molecule has 1 N–H and O–H groups in total. The second-order valence-electron chi connectivity index (χ2n) is 5.37. The molecule has 1 fully saturated rings. The van der Waals surface area contributed by atoms with E-state index in [9.17, 15) is 10.1 Å². The van der Waals surface area contributed by atoms with Crippen molar-refractivity contribution in [1.29, 1.82) is 0 Å². The molecular formula is C13H23N5O2. The Hall–Kier alpha value is -1.63. The van der Waals surface area contributed by atoms with Gasteiger partial charge in [-0.05, 0) is 40.3 Å². The minimum atomic E-state index is -0.346. The van der Waals surface area contributed by atoms with Crippen LogP contribution >= 0.6 is 0 Å². The number of aromatic nitrogens is 2. The van der Waals surface area contributed by atoms with Gasteiger partial charge in [0.25, 0.3) is 0 Å². The molecule has 0 aromatic carbocycles. The second kappa shape index (κ2) is 6.21. The van der Waals surface area contributed by atoms with Crippen LogP contribution in [0.2, 0.25) is 0 Å². The highest BCUT2D eigenvalue weighted by atomic mass is 16.6. The van der Waals surface area contributed by atoms with E-state index in [0.29, 0.717) is 24.1 Å². The monoisotopic (exact) mass is 281 g/mol. The summed E-state index contributed by atoms with van der Waals surface area (Å²) in [6, 6.07) is 0.434. The number of anilines is 1. The van der Waals surface area contributed by atoms with Crippen molar-refractivity contribution in [2.24, 2.45) is 0 Å². The van der Waals surface area contributed by atoms with E-state index in [0.717, 1.165) is 19.5 Å². The lowest BCUT2D eigenvalue weighted by atomic mass is 10.0. The summed E-state index contributed by atoms with van der Waals surface area (Å²) in [6.45, 7) is 6.07. The van der Waals surface area contributed by atoms with Crippen LogP contribution in [0.4, 0.5) is 11.5 Å². The Morgan fingerprint density at radius 2 is 2.25 bits per heavy atom. The highest BCUT2D eigenvalue weighted by molar-refractivity contribution is 5.59. The van der Waals surface area contributed by atoms with Gasteiger partial charge in [-0.25, -0.2) is 4.68 Å². The lowest BCUT2D eigenvalue weighted by Gasteiger charge is -2.32. The zero-order chi connectivity index (χ0) is 14.7. The maximum Gasteiger partial charge on any atom is 0.333 e. The van der Waals surface area contributed by atoms with Gasteiger partial charge in [0.2, 0.25) is 5.82 Å². The molecule has 0 amide bonds. The van der Waals surface area contributed by atoms with Gasteiger partial charge in [0.05, 0.1) is 4.92 Å². The van der Waals surface area contributed by atoms with Crippen LogP contribution in [-0.2, 0) is 6.54 Å². The molecule has 0 bridgehead atoms. The Morgan fingerprint density at radius 3 is 2.85 bits per heavy atom. The molecule has 1 saturated heterocycles. The van der Waals surface area contributed by atoms with E-state index in [1.165, 1.54) is 12.8 Å². The Balaban J connectivity index is 2.13. The topological polar surface area (TPSA) is 76.2 Å². The van der Waals surface area contributed by atoms with Crippen molar-refractivity contribution < 1.29 is 4.92 Å². The van der Waals surface area contributed by atoms with Crippen molar-refractivity contribution in [3.05, 3.63) is 15.8 Å².